The van der Waals surface area contributed by atoms with Gasteiger partial charge in [0.2, 0.25) is 0 Å². The van der Waals surface area contributed by atoms with Gasteiger partial charge in [-0.1, -0.05) is 30.7 Å². The van der Waals surface area contributed by atoms with E-state index >= 15 is 0 Å². The molecule has 5 rings (SSSR count). The van der Waals surface area contributed by atoms with Crippen LogP contribution in [-0.4, -0.2) is 28.8 Å². The number of hydrogen-bond donors (Lipinski definition) is 1. The van der Waals surface area contributed by atoms with E-state index in [0.29, 0.717) is 10.9 Å². The van der Waals surface area contributed by atoms with Crippen molar-refractivity contribution < 1.29 is 9.72 Å². The molecule has 0 aromatic heterocycles. The maximum Gasteiger partial charge on any atom is 0.269 e. The van der Waals surface area contributed by atoms with Crippen molar-refractivity contribution in [2.75, 3.05) is 18.4 Å². The monoisotopic (exact) mass is 451 g/mol. The molecule has 166 valence electrons. The SMILES string of the molecule is CC1CCN(C(=O)c2ccc3c(c2)C2C=CCC2C(c2cc([N+](=O)[O-])ccc2Cl)N3)CC1. The van der Waals surface area contributed by atoms with Crippen LogP contribution in [0.15, 0.2) is 48.6 Å². The second-order valence-corrected chi connectivity index (χ2v) is 9.62. The summed E-state index contributed by atoms with van der Waals surface area (Å²) in [6.45, 7) is 3.87. The quantitative estimate of drug-likeness (QED) is 0.355. The van der Waals surface area contributed by atoms with Crippen LogP contribution in [0.5, 0.6) is 0 Å². The summed E-state index contributed by atoms with van der Waals surface area (Å²) in [7, 11) is 0. The van der Waals surface area contributed by atoms with Crippen LogP contribution in [0.4, 0.5) is 11.4 Å². The molecule has 2 aromatic carbocycles. The zero-order valence-electron chi connectivity index (χ0n) is 18.0. The molecular weight excluding hydrogens is 426 g/mol. The van der Waals surface area contributed by atoms with Crippen molar-refractivity contribution in [2.24, 2.45) is 11.8 Å². The molecule has 0 radical (unpaired) electrons. The Kier molecular flexibility index (Phi) is 5.41. The summed E-state index contributed by atoms with van der Waals surface area (Å²) in [5.41, 5.74) is 3.57. The maximum absolute atomic E-state index is 13.1. The maximum atomic E-state index is 13.1. The highest BCUT2D eigenvalue weighted by Gasteiger charge is 2.39. The summed E-state index contributed by atoms with van der Waals surface area (Å²) in [5, 5.41) is 15.4. The fourth-order valence-corrected chi connectivity index (χ4v) is 5.55. The Morgan fingerprint density at radius 3 is 2.69 bits per heavy atom. The van der Waals surface area contributed by atoms with E-state index in [4.69, 9.17) is 11.6 Å². The largest absolute Gasteiger partial charge is 0.378 e. The minimum atomic E-state index is -0.389. The number of likely N-dealkylation sites (tertiary alicyclic amines) is 1. The van der Waals surface area contributed by atoms with Gasteiger partial charge in [-0.15, -0.1) is 0 Å². The normalized spacial score (nSPS) is 24.6. The lowest BCUT2D eigenvalue weighted by atomic mass is 9.76. The molecule has 2 aromatic rings. The number of piperidine rings is 1. The number of non-ortho nitro benzene ring substituents is 1. The first-order valence-electron chi connectivity index (χ1n) is 11.2. The first-order chi connectivity index (χ1) is 15.4. The number of allylic oxidation sites excluding steroid dienone is 2. The predicted molar refractivity (Wildman–Crippen MR) is 125 cm³/mol. The molecule has 3 unspecified atom stereocenters. The Balaban J connectivity index is 1.47. The van der Waals surface area contributed by atoms with Gasteiger partial charge in [-0.3, -0.25) is 14.9 Å². The molecule has 7 heteroatoms. The lowest BCUT2D eigenvalue weighted by Crippen LogP contribution is -2.38. The number of fused-ring (bicyclic) bond motifs is 3. The molecule has 3 atom stereocenters. The predicted octanol–water partition coefficient (Wildman–Crippen LogP) is 5.95. The van der Waals surface area contributed by atoms with E-state index in [0.717, 1.165) is 54.7 Å². The van der Waals surface area contributed by atoms with Gasteiger partial charge in [0, 0.05) is 53.0 Å². The number of anilines is 1. The lowest BCUT2D eigenvalue weighted by Gasteiger charge is -2.38. The van der Waals surface area contributed by atoms with Crippen molar-refractivity contribution in [1.29, 1.82) is 0 Å². The van der Waals surface area contributed by atoms with Crippen molar-refractivity contribution in [1.82, 2.24) is 4.90 Å². The Morgan fingerprint density at radius 1 is 1.16 bits per heavy atom. The summed E-state index contributed by atoms with van der Waals surface area (Å²) in [4.78, 5) is 26.0. The average Bonchev–Trinajstić information content (AvgIpc) is 3.29. The van der Waals surface area contributed by atoms with E-state index in [1.807, 2.05) is 23.1 Å². The topological polar surface area (TPSA) is 75.5 Å². The van der Waals surface area contributed by atoms with Crippen LogP contribution >= 0.6 is 11.6 Å². The first kappa shape index (κ1) is 21.0. The van der Waals surface area contributed by atoms with E-state index in [9.17, 15) is 14.9 Å². The molecule has 1 amide bonds. The molecular formula is C25H26ClN3O3. The van der Waals surface area contributed by atoms with Gasteiger partial charge in [-0.2, -0.15) is 0 Å². The second-order valence-electron chi connectivity index (χ2n) is 9.22. The summed E-state index contributed by atoms with van der Waals surface area (Å²) < 4.78 is 0. The number of rotatable bonds is 3. The smallest absolute Gasteiger partial charge is 0.269 e. The van der Waals surface area contributed by atoms with Crippen LogP contribution in [0.2, 0.25) is 5.02 Å². The molecule has 0 spiro atoms. The average molecular weight is 452 g/mol. The van der Waals surface area contributed by atoms with Crippen LogP contribution in [0, 0.1) is 22.0 Å². The molecule has 0 bridgehead atoms. The lowest BCUT2D eigenvalue weighted by molar-refractivity contribution is -0.384. The van der Waals surface area contributed by atoms with E-state index in [-0.39, 0.29) is 34.4 Å². The number of nitrogens with one attached hydrogen (secondary N) is 1. The Bertz CT molecular complexity index is 1110. The Labute approximate surface area is 192 Å². The molecule has 2 heterocycles. The highest BCUT2D eigenvalue weighted by molar-refractivity contribution is 6.31. The number of carbonyl (C=O) groups excluding carboxylic acids is 1. The van der Waals surface area contributed by atoms with Crippen molar-refractivity contribution in [2.45, 2.75) is 38.1 Å². The minimum Gasteiger partial charge on any atom is -0.378 e. The molecule has 2 aliphatic heterocycles. The number of carbonyl (C=O) groups is 1. The van der Waals surface area contributed by atoms with E-state index in [2.05, 4.69) is 24.4 Å². The van der Waals surface area contributed by atoms with Gasteiger partial charge < -0.3 is 10.2 Å². The first-order valence-corrected chi connectivity index (χ1v) is 11.6. The molecule has 1 N–H and O–H groups in total. The molecule has 0 saturated carbocycles. The highest BCUT2D eigenvalue weighted by Crippen LogP contribution is 2.51. The van der Waals surface area contributed by atoms with E-state index in [1.165, 1.54) is 6.07 Å². The van der Waals surface area contributed by atoms with Crippen LogP contribution in [0.25, 0.3) is 0 Å². The van der Waals surface area contributed by atoms with Gasteiger partial charge in [0.1, 0.15) is 0 Å². The van der Waals surface area contributed by atoms with Gasteiger partial charge in [0.15, 0.2) is 0 Å². The van der Waals surface area contributed by atoms with Crippen molar-refractivity contribution in [3.63, 3.8) is 0 Å². The number of amides is 1. The summed E-state index contributed by atoms with van der Waals surface area (Å²) >= 11 is 6.48. The van der Waals surface area contributed by atoms with Crippen molar-refractivity contribution in [3.8, 4) is 0 Å². The van der Waals surface area contributed by atoms with Gasteiger partial charge in [0.05, 0.1) is 11.0 Å². The number of nitrogens with zero attached hydrogens (tertiary/aromatic N) is 2. The number of benzene rings is 2. The summed E-state index contributed by atoms with van der Waals surface area (Å²) in [5.74, 6) is 1.10. The minimum absolute atomic E-state index is 0.0382. The molecule has 1 aliphatic carbocycles. The number of halogens is 1. The van der Waals surface area contributed by atoms with Crippen molar-refractivity contribution >= 4 is 28.9 Å². The van der Waals surface area contributed by atoms with E-state index in [1.54, 1.807) is 12.1 Å². The third-order valence-electron chi connectivity index (χ3n) is 7.21. The number of nitro benzene ring substituents is 1. The number of nitro groups is 1. The van der Waals surface area contributed by atoms with Gasteiger partial charge in [0.25, 0.3) is 11.6 Å². The van der Waals surface area contributed by atoms with Crippen LogP contribution in [-0.2, 0) is 0 Å². The highest BCUT2D eigenvalue weighted by atomic mass is 35.5. The summed E-state index contributed by atoms with van der Waals surface area (Å²) in [6, 6.07) is 10.4. The van der Waals surface area contributed by atoms with E-state index < -0.39 is 0 Å². The molecule has 1 fully saturated rings. The fourth-order valence-electron chi connectivity index (χ4n) is 5.31. The summed E-state index contributed by atoms with van der Waals surface area (Å²) in [6.07, 6.45) is 7.31. The zero-order chi connectivity index (χ0) is 22.4. The Morgan fingerprint density at radius 2 is 1.94 bits per heavy atom. The van der Waals surface area contributed by atoms with Gasteiger partial charge >= 0.3 is 0 Å². The van der Waals surface area contributed by atoms with Crippen LogP contribution in [0.1, 0.15) is 59.6 Å². The number of hydrogen-bond acceptors (Lipinski definition) is 4. The van der Waals surface area contributed by atoms with Gasteiger partial charge in [-0.25, -0.2) is 0 Å². The fraction of sp³-hybridized carbons (Fsp3) is 0.400. The zero-order valence-corrected chi connectivity index (χ0v) is 18.7. The third-order valence-corrected chi connectivity index (χ3v) is 7.55. The second kappa shape index (κ2) is 8.24. The van der Waals surface area contributed by atoms with Crippen LogP contribution < -0.4 is 5.32 Å². The molecule has 3 aliphatic rings. The van der Waals surface area contributed by atoms with Crippen LogP contribution in [0.3, 0.4) is 0 Å². The van der Waals surface area contributed by atoms with Crippen molar-refractivity contribution in [3.05, 3.63) is 80.4 Å². The third kappa shape index (κ3) is 3.66. The molecule has 32 heavy (non-hydrogen) atoms. The molecule has 1 saturated heterocycles. The molecule has 6 nitrogen and oxygen atoms in total. The van der Waals surface area contributed by atoms with Gasteiger partial charge in [-0.05, 0) is 60.9 Å². The standard InChI is InChI=1S/C25H26ClN3O3/c1-15-9-11-28(12-10-15)25(30)16-5-8-23-20(13-16)18-3-2-4-19(18)24(27-23)21-14-17(29(31)32)6-7-22(21)26/h2-3,5-8,13-15,18-19,24,27H,4,9-12H2,1H3. The Hall–Kier alpha value is -2.86.